The van der Waals surface area contributed by atoms with Crippen LogP contribution in [0.25, 0.3) is 5.69 Å². The molecular formula is C19H19ClN4O2S. The molecular weight excluding hydrogens is 384 g/mol. The lowest BCUT2D eigenvalue weighted by Gasteiger charge is -2.15. The van der Waals surface area contributed by atoms with Gasteiger partial charge in [0.1, 0.15) is 12.1 Å². The molecule has 0 radical (unpaired) electrons. The molecule has 0 aliphatic rings. The molecule has 0 spiro atoms. The Bertz CT molecular complexity index is 960. The summed E-state index contributed by atoms with van der Waals surface area (Å²) in [5.41, 5.74) is 2.61. The summed E-state index contributed by atoms with van der Waals surface area (Å²) >= 11 is 7.35. The second-order valence-corrected chi connectivity index (χ2v) is 7.61. The van der Waals surface area contributed by atoms with Crippen LogP contribution >= 0.6 is 23.4 Å². The van der Waals surface area contributed by atoms with Gasteiger partial charge in [-0.2, -0.15) is 0 Å². The Morgan fingerprint density at radius 1 is 1.30 bits per heavy atom. The smallest absolute Gasteiger partial charge is 0.237 e. The predicted octanol–water partition coefficient (Wildman–Crippen LogP) is 4.36. The van der Waals surface area contributed by atoms with Gasteiger partial charge in [0.05, 0.1) is 23.7 Å². The second kappa shape index (κ2) is 8.45. The number of hydrogen-bond donors (Lipinski definition) is 1. The number of carbonyl (C=O) groups is 1. The van der Waals surface area contributed by atoms with Crippen LogP contribution in [-0.2, 0) is 4.79 Å². The van der Waals surface area contributed by atoms with Gasteiger partial charge < -0.3 is 10.1 Å². The molecule has 0 bridgehead atoms. The number of nitrogens with one attached hydrogen (secondary N) is 1. The van der Waals surface area contributed by atoms with E-state index in [0.29, 0.717) is 21.6 Å². The van der Waals surface area contributed by atoms with E-state index in [9.17, 15) is 4.79 Å². The van der Waals surface area contributed by atoms with Crippen LogP contribution in [-0.4, -0.2) is 33.0 Å². The maximum atomic E-state index is 12.6. The minimum atomic E-state index is -0.402. The molecule has 0 saturated carbocycles. The third-order valence-electron chi connectivity index (χ3n) is 3.96. The van der Waals surface area contributed by atoms with Crippen molar-refractivity contribution in [3.8, 4) is 11.4 Å². The molecule has 1 aromatic heterocycles. The summed E-state index contributed by atoms with van der Waals surface area (Å²) in [6.45, 7) is 3.83. The summed E-state index contributed by atoms with van der Waals surface area (Å²) in [6, 6.07) is 13.0. The number of nitrogens with zero attached hydrogens (tertiary/aromatic N) is 3. The molecule has 3 rings (SSSR count). The zero-order valence-electron chi connectivity index (χ0n) is 15.1. The number of rotatable bonds is 6. The van der Waals surface area contributed by atoms with Crippen LogP contribution in [0.5, 0.6) is 5.75 Å². The molecule has 3 aromatic rings. The van der Waals surface area contributed by atoms with Gasteiger partial charge in [0.25, 0.3) is 0 Å². The van der Waals surface area contributed by atoms with Gasteiger partial charge in [-0.15, -0.1) is 10.2 Å². The average molecular weight is 403 g/mol. The standard InChI is InChI=1S/C19H19ClN4O2S/c1-12-6-4-5-7-16(12)24-11-21-23-19(24)27-13(2)18(25)22-15-10-14(20)8-9-17(15)26-3/h4-11,13H,1-3H3,(H,22,25)/t13-/m0/s1. The van der Waals surface area contributed by atoms with Crippen LogP contribution in [0.4, 0.5) is 5.69 Å². The number of amides is 1. The Balaban J connectivity index is 1.76. The molecule has 0 saturated heterocycles. The number of carbonyl (C=O) groups excluding carboxylic acids is 1. The zero-order valence-corrected chi connectivity index (χ0v) is 16.7. The van der Waals surface area contributed by atoms with E-state index in [1.807, 2.05) is 42.7 Å². The number of benzene rings is 2. The summed E-state index contributed by atoms with van der Waals surface area (Å²) < 4.78 is 7.15. The van der Waals surface area contributed by atoms with Crippen LogP contribution < -0.4 is 10.1 Å². The van der Waals surface area contributed by atoms with Crippen molar-refractivity contribution in [2.75, 3.05) is 12.4 Å². The number of para-hydroxylation sites is 1. The van der Waals surface area contributed by atoms with Crippen molar-refractivity contribution in [1.82, 2.24) is 14.8 Å². The third-order valence-corrected chi connectivity index (χ3v) is 5.25. The first-order valence-corrected chi connectivity index (χ1v) is 9.52. The van der Waals surface area contributed by atoms with Gasteiger partial charge in [0.2, 0.25) is 5.91 Å². The third kappa shape index (κ3) is 4.43. The fourth-order valence-corrected chi connectivity index (χ4v) is 3.54. The highest BCUT2D eigenvalue weighted by molar-refractivity contribution is 8.00. The number of aromatic nitrogens is 3. The summed E-state index contributed by atoms with van der Waals surface area (Å²) in [4.78, 5) is 12.6. The van der Waals surface area contributed by atoms with E-state index in [2.05, 4.69) is 15.5 Å². The molecule has 1 N–H and O–H groups in total. The number of hydrogen-bond acceptors (Lipinski definition) is 5. The Labute approximate surface area is 166 Å². The Morgan fingerprint density at radius 2 is 2.07 bits per heavy atom. The van der Waals surface area contributed by atoms with Gasteiger partial charge >= 0.3 is 0 Å². The SMILES string of the molecule is COc1ccc(Cl)cc1NC(=O)[C@H](C)Sc1nncn1-c1ccccc1C. The quantitative estimate of drug-likeness (QED) is 0.620. The van der Waals surface area contributed by atoms with Crippen molar-refractivity contribution in [2.24, 2.45) is 0 Å². The van der Waals surface area contributed by atoms with Crippen molar-refractivity contribution in [3.05, 3.63) is 59.4 Å². The molecule has 1 atom stereocenters. The van der Waals surface area contributed by atoms with Gasteiger partial charge in [0.15, 0.2) is 5.16 Å². The second-order valence-electron chi connectivity index (χ2n) is 5.86. The maximum absolute atomic E-state index is 12.6. The van der Waals surface area contributed by atoms with Crippen LogP contribution in [0.1, 0.15) is 12.5 Å². The molecule has 6 nitrogen and oxygen atoms in total. The molecule has 0 fully saturated rings. The molecule has 0 aliphatic heterocycles. The van der Waals surface area contributed by atoms with Crippen LogP contribution in [0.2, 0.25) is 5.02 Å². The minimum Gasteiger partial charge on any atom is -0.495 e. The Hall–Kier alpha value is -2.51. The van der Waals surface area contributed by atoms with Crippen LogP contribution in [0, 0.1) is 6.92 Å². The summed E-state index contributed by atoms with van der Waals surface area (Å²) in [5, 5.41) is 11.8. The van der Waals surface area contributed by atoms with Crippen LogP contribution in [0.15, 0.2) is 53.9 Å². The van der Waals surface area contributed by atoms with Crippen molar-refractivity contribution in [3.63, 3.8) is 0 Å². The number of methoxy groups -OCH3 is 1. The molecule has 1 amide bonds. The van der Waals surface area contributed by atoms with Crippen molar-refractivity contribution in [2.45, 2.75) is 24.3 Å². The van der Waals surface area contributed by atoms with E-state index in [1.54, 1.807) is 31.6 Å². The zero-order chi connectivity index (χ0) is 19.4. The normalized spacial score (nSPS) is 11.9. The summed E-state index contributed by atoms with van der Waals surface area (Å²) in [5.74, 6) is 0.368. The van der Waals surface area contributed by atoms with E-state index in [0.717, 1.165) is 11.3 Å². The molecule has 0 aliphatic carbocycles. The molecule has 2 aromatic carbocycles. The van der Waals surface area contributed by atoms with Gasteiger partial charge in [0, 0.05) is 5.02 Å². The summed E-state index contributed by atoms with van der Waals surface area (Å²) in [6.07, 6.45) is 1.65. The molecule has 0 unspecified atom stereocenters. The van der Waals surface area contributed by atoms with E-state index in [-0.39, 0.29) is 5.91 Å². The lowest BCUT2D eigenvalue weighted by atomic mass is 10.2. The number of thioether (sulfide) groups is 1. The van der Waals surface area contributed by atoms with E-state index < -0.39 is 5.25 Å². The number of aryl methyl sites for hydroxylation is 1. The number of anilines is 1. The van der Waals surface area contributed by atoms with Gasteiger partial charge in [-0.25, -0.2) is 0 Å². The Kier molecular flexibility index (Phi) is 6.03. The Morgan fingerprint density at radius 3 is 2.81 bits per heavy atom. The first-order chi connectivity index (χ1) is 13.0. The maximum Gasteiger partial charge on any atom is 0.237 e. The fraction of sp³-hybridized carbons (Fsp3) is 0.211. The molecule has 8 heteroatoms. The van der Waals surface area contributed by atoms with Gasteiger partial charge in [-0.3, -0.25) is 9.36 Å². The highest BCUT2D eigenvalue weighted by atomic mass is 35.5. The molecule has 140 valence electrons. The van der Waals surface area contributed by atoms with Gasteiger partial charge in [-0.1, -0.05) is 41.6 Å². The van der Waals surface area contributed by atoms with E-state index in [4.69, 9.17) is 16.3 Å². The highest BCUT2D eigenvalue weighted by Gasteiger charge is 2.20. The summed E-state index contributed by atoms with van der Waals surface area (Å²) in [7, 11) is 1.54. The topological polar surface area (TPSA) is 69.0 Å². The van der Waals surface area contributed by atoms with Crippen molar-refractivity contribution in [1.29, 1.82) is 0 Å². The van der Waals surface area contributed by atoms with Crippen molar-refractivity contribution < 1.29 is 9.53 Å². The highest BCUT2D eigenvalue weighted by Crippen LogP contribution is 2.30. The van der Waals surface area contributed by atoms with Crippen molar-refractivity contribution >= 4 is 35.0 Å². The predicted molar refractivity (Wildman–Crippen MR) is 108 cm³/mol. The first-order valence-electron chi connectivity index (χ1n) is 8.26. The van der Waals surface area contributed by atoms with Gasteiger partial charge in [-0.05, 0) is 43.7 Å². The van der Waals surface area contributed by atoms with Crippen LogP contribution in [0.3, 0.4) is 0 Å². The lowest BCUT2D eigenvalue weighted by molar-refractivity contribution is -0.115. The first kappa shape index (κ1) is 19.3. The largest absolute Gasteiger partial charge is 0.495 e. The fourth-order valence-electron chi connectivity index (χ4n) is 2.53. The number of ether oxygens (including phenoxy) is 1. The molecule has 27 heavy (non-hydrogen) atoms. The average Bonchev–Trinajstić information content (AvgIpc) is 3.10. The van der Waals surface area contributed by atoms with E-state index >= 15 is 0 Å². The minimum absolute atomic E-state index is 0.181. The monoisotopic (exact) mass is 402 g/mol. The number of halogens is 1. The van der Waals surface area contributed by atoms with E-state index in [1.165, 1.54) is 11.8 Å². The lowest BCUT2D eigenvalue weighted by Crippen LogP contribution is -2.23. The molecule has 1 heterocycles.